The maximum Gasteiger partial charge on any atom is 0.293 e. The highest BCUT2D eigenvalue weighted by Crippen LogP contribution is 2.37. The third kappa shape index (κ3) is 2.67. The summed E-state index contributed by atoms with van der Waals surface area (Å²) in [4.78, 5) is 18.1. The molecule has 0 saturated heterocycles. The lowest BCUT2D eigenvalue weighted by molar-refractivity contribution is 0.0773. The number of aromatic amines is 1. The minimum atomic E-state index is -0.201. The third-order valence-corrected chi connectivity index (χ3v) is 3.74. The van der Waals surface area contributed by atoms with Gasteiger partial charge in [0.05, 0.1) is 0 Å². The number of nitrogens with one attached hydrogen (secondary N) is 1. The van der Waals surface area contributed by atoms with Gasteiger partial charge in [-0.25, -0.2) is 4.98 Å². The van der Waals surface area contributed by atoms with E-state index in [1.807, 2.05) is 24.3 Å². The number of halogens is 1. The van der Waals surface area contributed by atoms with Gasteiger partial charge in [-0.1, -0.05) is 29.8 Å². The molecular weight excluding hydrogens is 276 g/mol. The van der Waals surface area contributed by atoms with Gasteiger partial charge in [0.25, 0.3) is 5.91 Å². The predicted octanol–water partition coefficient (Wildman–Crippen LogP) is 2.61. The molecule has 0 aliphatic heterocycles. The van der Waals surface area contributed by atoms with Crippen LogP contribution in [-0.4, -0.2) is 33.0 Å². The smallest absolute Gasteiger partial charge is 0.293 e. The second-order valence-corrected chi connectivity index (χ2v) is 5.48. The molecule has 104 valence electrons. The quantitative estimate of drug-likeness (QED) is 0.941. The first-order valence-electron chi connectivity index (χ1n) is 6.56. The van der Waals surface area contributed by atoms with Gasteiger partial charge in [-0.15, -0.1) is 5.10 Å². The average molecular weight is 291 g/mol. The monoisotopic (exact) mass is 290 g/mol. The standard InChI is InChI=1S/C14H15ClN4O/c1-19(8-10-4-2-3-5-11(10)15)14(20)13-16-12(17-18-13)9-6-7-9/h2-5,9H,6-8H2,1H3,(H,16,17,18). The van der Waals surface area contributed by atoms with Crippen molar-refractivity contribution in [3.05, 3.63) is 46.5 Å². The Labute approximate surface area is 122 Å². The Hall–Kier alpha value is -1.88. The van der Waals surface area contributed by atoms with Crippen molar-refractivity contribution in [3.63, 3.8) is 0 Å². The highest BCUT2D eigenvalue weighted by Gasteiger charge is 2.28. The van der Waals surface area contributed by atoms with E-state index in [2.05, 4.69) is 15.2 Å². The molecule has 1 aliphatic rings. The fourth-order valence-corrected chi connectivity index (χ4v) is 2.23. The fraction of sp³-hybridized carbons (Fsp3) is 0.357. The van der Waals surface area contributed by atoms with Gasteiger partial charge < -0.3 is 4.90 Å². The Morgan fingerprint density at radius 2 is 2.20 bits per heavy atom. The average Bonchev–Trinajstić information content (AvgIpc) is 3.18. The zero-order valence-corrected chi connectivity index (χ0v) is 11.9. The van der Waals surface area contributed by atoms with E-state index >= 15 is 0 Å². The molecule has 2 aromatic rings. The van der Waals surface area contributed by atoms with Crippen LogP contribution in [0.5, 0.6) is 0 Å². The summed E-state index contributed by atoms with van der Waals surface area (Å²) in [6, 6.07) is 7.48. The number of carbonyl (C=O) groups excluding carboxylic acids is 1. The van der Waals surface area contributed by atoms with Gasteiger partial charge in [-0.3, -0.25) is 9.89 Å². The summed E-state index contributed by atoms with van der Waals surface area (Å²) >= 11 is 6.10. The highest BCUT2D eigenvalue weighted by atomic mass is 35.5. The summed E-state index contributed by atoms with van der Waals surface area (Å²) in [5.74, 6) is 1.30. The Morgan fingerprint density at radius 1 is 1.45 bits per heavy atom. The van der Waals surface area contributed by atoms with Gasteiger partial charge in [-0.05, 0) is 24.5 Å². The molecule has 1 saturated carbocycles. The van der Waals surface area contributed by atoms with Crippen LogP contribution in [0, 0.1) is 0 Å². The number of rotatable bonds is 4. The van der Waals surface area contributed by atoms with Crippen LogP contribution in [0.2, 0.25) is 5.02 Å². The van der Waals surface area contributed by atoms with Crippen molar-refractivity contribution < 1.29 is 4.79 Å². The van der Waals surface area contributed by atoms with E-state index < -0.39 is 0 Å². The van der Waals surface area contributed by atoms with Crippen LogP contribution in [-0.2, 0) is 6.54 Å². The second kappa shape index (κ2) is 5.25. The first kappa shape index (κ1) is 13.1. The summed E-state index contributed by atoms with van der Waals surface area (Å²) < 4.78 is 0. The van der Waals surface area contributed by atoms with Gasteiger partial charge in [-0.2, -0.15) is 0 Å². The van der Waals surface area contributed by atoms with Crippen LogP contribution in [0.1, 0.15) is 40.8 Å². The Kier molecular flexibility index (Phi) is 3.44. The zero-order chi connectivity index (χ0) is 14.1. The molecule has 0 spiro atoms. The molecule has 0 unspecified atom stereocenters. The van der Waals surface area contributed by atoms with E-state index in [0.717, 1.165) is 24.2 Å². The lowest BCUT2D eigenvalue weighted by Gasteiger charge is -2.16. The van der Waals surface area contributed by atoms with E-state index in [4.69, 9.17) is 11.6 Å². The first-order chi connectivity index (χ1) is 9.65. The van der Waals surface area contributed by atoms with Crippen molar-refractivity contribution in [2.75, 3.05) is 7.05 Å². The molecule has 1 heterocycles. The minimum Gasteiger partial charge on any atom is -0.335 e. The molecule has 0 atom stereocenters. The lowest BCUT2D eigenvalue weighted by atomic mass is 10.2. The predicted molar refractivity (Wildman–Crippen MR) is 75.6 cm³/mol. The molecule has 0 radical (unpaired) electrons. The van der Waals surface area contributed by atoms with Crippen LogP contribution < -0.4 is 0 Å². The van der Waals surface area contributed by atoms with Gasteiger partial charge in [0.15, 0.2) is 0 Å². The number of amides is 1. The van der Waals surface area contributed by atoms with E-state index in [0.29, 0.717) is 17.5 Å². The van der Waals surface area contributed by atoms with Crippen molar-refractivity contribution in [1.82, 2.24) is 20.1 Å². The number of aromatic nitrogens is 3. The number of nitrogens with zero attached hydrogens (tertiary/aromatic N) is 3. The SMILES string of the molecule is CN(Cc1ccccc1Cl)C(=O)c1n[nH]c(C2CC2)n1. The Morgan fingerprint density at radius 3 is 2.90 bits per heavy atom. The maximum atomic E-state index is 12.3. The molecule has 20 heavy (non-hydrogen) atoms. The van der Waals surface area contributed by atoms with Crippen molar-refractivity contribution in [3.8, 4) is 0 Å². The summed E-state index contributed by atoms with van der Waals surface area (Å²) in [5.41, 5.74) is 0.906. The van der Waals surface area contributed by atoms with Gasteiger partial charge in [0.2, 0.25) is 5.82 Å². The topological polar surface area (TPSA) is 61.9 Å². The zero-order valence-electron chi connectivity index (χ0n) is 11.1. The fourth-order valence-electron chi connectivity index (χ4n) is 2.03. The third-order valence-electron chi connectivity index (χ3n) is 3.37. The maximum absolute atomic E-state index is 12.3. The Bertz CT molecular complexity index is 636. The van der Waals surface area contributed by atoms with Crippen molar-refractivity contribution in [1.29, 1.82) is 0 Å². The van der Waals surface area contributed by atoms with Gasteiger partial charge >= 0.3 is 0 Å². The van der Waals surface area contributed by atoms with E-state index in [-0.39, 0.29) is 11.7 Å². The molecule has 1 amide bonds. The largest absolute Gasteiger partial charge is 0.335 e. The second-order valence-electron chi connectivity index (χ2n) is 5.07. The van der Waals surface area contributed by atoms with Crippen molar-refractivity contribution in [2.24, 2.45) is 0 Å². The van der Waals surface area contributed by atoms with Crippen LogP contribution in [0.3, 0.4) is 0 Å². The molecule has 1 aliphatic carbocycles. The summed E-state index contributed by atoms with van der Waals surface area (Å²) in [6.07, 6.45) is 2.25. The van der Waals surface area contributed by atoms with Crippen LogP contribution in [0.4, 0.5) is 0 Å². The van der Waals surface area contributed by atoms with E-state index in [1.165, 1.54) is 0 Å². The Balaban J connectivity index is 1.71. The lowest BCUT2D eigenvalue weighted by Crippen LogP contribution is -2.27. The molecule has 1 fully saturated rings. The molecule has 1 N–H and O–H groups in total. The highest BCUT2D eigenvalue weighted by molar-refractivity contribution is 6.31. The van der Waals surface area contributed by atoms with Gasteiger partial charge in [0.1, 0.15) is 5.82 Å². The number of hydrogen-bond donors (Lipinski definition) is 1. The molecular formula is C14H15ClN4O. The number of H-pyrrole nitrogens is 1. The molecule has 0 bridgehead atoms. The summed E-state index contributed by atoms with van der Waals surface area (Å²) in [7, 11) is 1.72. The van der Waals surface area contributed by atoms with Crippen LogP contribution in [0.25, 0.3) is 0 Å². The number of hydrogen-bond acceptors (Lipinski definition) is 3. The van der Waals surface area contributed by atoms with Crippen molar-refractivity contribution in [2.45, 2.75) is 25.3 Å². The molecule has 1 aromatic heterocycles. The normalized spacial score (nSPS) is 14.3. The first-order valence-corrected chi connectivity index (χ1v) is 6.94. The molecule has 1 aromatic carbocycles. The molecule has 6 heteroatoms. The van der Waals surface area contributed by atoms with Crippen molar-refractivity contribution >= 4 is 17.5 Å². The van der Waals surface area contributed by atoms with Crippen LogP contribution >= 0.6 is 11.6 Å². The number of carbonyl (C=O) groups is 1. The van der Waals surface area contributed by atoms with Crippen LogP contribution in [0.15, 0.2) is 24.3 Å². The summed E-state index contributed by atoms with van der Waals surface area (Å²) in [5, 5.41) is 7.50. The summed E-state index contributed by atoms with van der Waals surface area (Å²) in [6.45, 7) is 0.436. The minimum absolute atomic E-state index is 0.201. The number of benzene rings is 1. The van der Waals surface area contributed by atoms with E-state index in [9.17, 15) is 4.79 Å². The van der Waals surface area contributed by atoms with Gasteiger partial charge in [0, 0.05) is 24.5 Å². The molecule has 3 rings (SSSR count). The van der Waals surface area contributed by atoms with E-state index in [1.54, 1.807) is 11.9 Å². The molecule has 5 nitrogen and oxygen atoms in total.